The van der Waals surface area contributed by atoms with Gasteiger partial charge in [-0.25, -0.2) is 0 Å². The summed E-state index contributed by atoms with van der Waals surface area (Å²) in [5.41, 5.74) is 0. The molecule has 0 amide bonds. The van der Waals surface area contributed by atoms with E-state index in [0.29, 0.717) is 0 Å². The fourth-order valence-electron chi connectivity index (χ4n) is 2.46. The van der Waals surface area contributed by atoms with Gasteiger partial charge in [0.1, 0.15) is 0 Å². The molecule has 0 bridgehead atoms. The first-order valence-electron chi connectivity index (χ1n) is 5.65. The van der Waals surface area contributed by atoms with Gasteiger partial charge in [-0.3, -0.25) is 0 Å². The van der Waals surface area contributed by atoms with Crippen molar-refractivity contribution in [1.29, 1.82) is 0 Å². The molecular weight excluding hydrogens is 235 g/mol. The Bertz CT molecular complexity index is 233. The molecule has 1 heteroatoms. The molecule has 0 spiro atoms. The molecule has 0 aliphatic heterocycles. The normalized spacial score (nSPS) is 19.7. The summed E-state index contributed by atoms with van der Waals surface area (Å²) < 4.78 is 8.88. The van der Waals surface area contributed by atoms with Crippen molar-refractivity contribution >= 4 is 0 Å². The molecule has 0 aromatic heterocycles. The molecule has 1 rings (SSSR count). The molecule has 0 radical (unpaired) electrons. The summed E-state index contributed by atoms with van der Waals surface area (Å²) in [4.78, 5) is 0. The van der Waals surface area contributed by atoms with Crippen LogP contribution in [0.4, 0.5) is 0 Å². The Hall–Kier alpha value is 0.363. The summed E-state index contributed by atoms with van der Waals surface area (Å²) in [6.45, 7) is 7.24. The third kappa shape index (κ3) is 1.77. The summed E-state index contributed by atoms with van der Waals surface area (Å²) in [6, 6.07) is 0. The van der Waals surface area contributed by atoms with E-state index in [2.05, 4.69) is 43.6 Å². The van der Waals surface area contributed by atoms with Crippen molar-refractivity contribution in [3.05, 3.63) is 21.5 Å². The van der Waals surface area contributed by atoms with Crippen LogP contribution in [0, 0.1) is 0 Å². The van der Waals surface area contributed by atoms with Crippen LogP contribution in [0.5, 0.6) is 0 Å². The Kier molecular flexibility index (Phi) is 3.39. The van der Waals surface area contributed by atoms with Gasteiger partial charge in [-0.1, -0.05) is 0 Å². The first-order chi connectivity index (χ1) is 6.09. The van der Waals surface area contributed by atoms with Crippen LogP contribution in [0.15, 0.2) is 21.5 Å². The van der Waals surface area contributed by atoms with Crippen molar-refractivity contribution in [2.75, 3.05) is 0 Å². The second kappa shape index (κ2) is 3.85. The fourth-order valence-corrected chi connectivity index (χ4v) is 12.9. The quantitative estimate of drug-likeness (QED) is 0.674. The van der Waals surface area contributed by atoms with Gasteiger partial charge in [0.2, 0.25) is 0 Å². The van der Waals surface area contributed by atoms with Gasteiger partial charge in [-0.2, -0.15) is 0 Å². The first kappa shape index (κ1) is 11.4. The van der Waals surface area contributed by atoms with Gasteiger partial charge in [-0.05, 0) is 0 Å². The fraction of sp³-hybridized carbons (Fsp3) is 0.667. The van der Waals surface area contributed by atoms with Crippen LogP contribution in [0.1, 0.15) is 27.2 Å². The van der Waals surface area contributed by atoms with E-state index in [1.807, 2.05) is 3.28 Å². The van der Waals surface area contributed by atoms with Crippen LogP contribution in [0.25, 0.3) is 0 Å². The van der Waals surface area contributed by atoms with Crippen LogP contribution in [-0.4, -0.2) is 0 Å². The van der Waals surface area contributed by atoms with E-state index in [1.54, 1.807) is 0 Å². The van der Waals surface area contributed by atoms with E-state index in [-0.39, 0.29) is 0 Å². The predicted octanol–water partition coefficient (Wildman–Crippen LogP) is 4.88. The zero-order valence-electron chi connectivity index (χ0n) is 9.56. The van der Waals surface area contributed by atoms with Crippen molar-refractivity contribution in [3.8, 4) is 0 Å². The first-order valence-corrected chi connectivity index (χ1v) is 14.6. The van der Waals surface area contributed by atoms with E-state index in [0.717, 1.165) is 0 Å². The average molecular weight is 259 g/mol. The minimum atomic E-state index is -2.39. The van der Waals surface area contributed by atoms with Gasteiger partial charge < -0.3 is 0 Å². The van der Waals surface area contributed by atoms with Gasteiger partial charge >= 0.3 is 84.5 Å². The number of hydrogen-bond acceptors (Lipinski definition) is 0. The molecule has 0 saturated carbocycles. The van der Waals surface area contributed by atoms with Crippen LogP contribution in [-0.2, 0) is 18.8 Å². The third-order valence-electron chi connectivity index (χ3n) is 4.86. The molecule has 13 heavy (non-hydrogen) atoms. The molecule has 0 aromatic rings. The molecular formula is C12H23Zr. The number of allylic oxidation sites excluding steroid dienone is 4. The van der Waals surface area contributed by atoms with Crippen molar-refractivity contribution in [1.82, 2.24) is 0 Å². The third-order valence-corrected chi connectivity index (χ3v) is 25.9. The van der Waals surface area contributed by atoms with Gasteiger partial charge in [0.25, 0.3) is 0 Å². The second-order valence-electron chi connectivity index (χ2n) is 4.98. The van der Waals surface area contributed by atoms with Crippen LogP contribution >= 0.6 is 0 Å². The predicted molar refractivity (Wildman–Crippen MR) is 59.1 cm³/mol. The summed E-state index contributed by atoms with van der Waals surface area (Å²) in [7, 11) is 0. The molecule has 1 aliphatic rings. The van der Waals surface area contributed by atoms with Crippen molar-refractivity contribution < 1.29 is 18.8 Å². The maximum atomic E-state index is 2.65. The van der Waals surface area contributed by atoms with E-state index in [1.165, 1.54) is 18.8 Å². The van der Waals surface area contributed by atoms with Gasteiger partial charge in [0, 0.05) is 0 Å². The SMILES string of the molecule is C[CH2][Zr]([CH3])([CH2]C)([CH2]C)[C]1=CC=CC1. The summed E-state index contributed by atoms with van der Waals surface area (Å²) in [6.07, 6.45) is 8.26. The Morgan fingerprint density at radius 1 is 1.15 bits per heavy atom. The number of rotatable bonds is 4. The van der Waals surface area contributed by atoms with E-state index >= 15 is 0 Å². The van der Waals surface area contributed by atoms with Crippen LogP contribution < -0.4 is 0 Å². The average Bonchev–Trinajstić information content (AvgIpc) is 2.71. The van der Waals surface area contributed by atoms with Gasteiger partial charge in [0.05, 0.1) is 0 Å². The van der Waals surface area contributed by atoms with Crippen molar-refractivity contribution in [2.24, 2.45) is 0 Å². The van der Waals surface area contributed by atoms with Crippen LogP contribution in [0.2, 0.25) is 17.0 Å². The molecule has 0 saturated heterocycles. The minimum absolute atomic E-state index is 1.26. The Balaban J connectivity index is 3.03. The van der Waals surface area contributed by atoms with Crippen molar-refractivity contribution in [2.45, 2.75) is 44.2 Å². The Labute approximate surface area is 84.2 Å². The van der Waals surface area contributed by atoms with E-state index in [9.17, 15) is 0 Å². The monoisotopic (exact) mass is 257 g/mol. The molecule has 0 atom stereocenters. The topological polar surface area (TPSA) is 0 Å². The molecule has 0 nitrogen and oxygen atoms in total. The molecule has 0 N–H and O–H groups in total. The summed E-state index contributed by atoms with van der Waals surface area (Å²) >= 11 is -2.39. The van der Waals surface area contributed by atoms with Crippen LogP contribution in [0.3, 0.4) is 0 Å². The van der Waals surface area contributed by atoms with Crippen molar-refractivity contribution in [3.63, 3.8) is 0 Å². The summed E-state index contributed by atoms with van der Waals surface area (Å²) in [5.74, 6) is 0. The van der Waals surface area contributed by atoms with Gasteiger partial charge in [-0.15, -0.1) is 0 Å². The molecule has 0 heterocycles. The Morgan fingerprint density at radius 2 is 1.69 bits per heavy atom. The molecule has 0 unspecified atom stereocenters. The van der Waals surface area contributed by atoms with Gasteiger partial charge in [0.15, 0.2) is 0 Å². The maximum absolute atomic E-state index is 2.65. The molecule has 0 aromatic carbocycles. The standard InChI is InChI=1S/C5H5.3C2H5.CH3.Zr/c1-2-4-5-3-1;3*1-2;;/h1-3H,4H2;3*1H2,2H3;1H3;. The molecule has 1 aliphatic carbocycles. The second-order valence-corrected chi connectivity index (χ2v) is 24.5. The zero-order chi connectivity index (χ0) is 9.97. The summed E-state index contributed by atoms with van der Waals surface area (Å²) in [5, 5.41) is 0. The van der Waals surface area contributed by atoms with E-state index in [4.69, 9.17) is 0 Å². The number of hydrogen-bond donors (Lipinski definition) is 0. The Morgan fingerprint density at radius 3 is 2.00 bits per heavy atom. The molecule has 0 fully saturated rings. The van der Waals surface area contributed by atoms with E-state index < -0.39 is 18.8 Å². The molecule has 75 valence electrons. The zero-order valence-corrected chi connectivity index (χ0v) is 12.0.